The lowest BCUT2D eigenvalue weighted by molar-refractivity contribution is 0.0426. The highest BCUT2D eigenvalue weighted by Crippen LogP contribution is 2.25. The summed E-state index contributed by atoms with van der Waals surface area (Å²) in [6, 6.07) is 5.85. The fourth-order valence-electron chi connectivity index (χ4n) is 1.49. The molecular formula is C13H18F2O2. The standard InChI is InChI=1S/C13H18F2O2/c1-2-3-8-17-9-12(13(14)15)10-4-6-11(16)7-5-10/h4-7,12-13,16H,2-3,8-9H2,1H3. The van der Waals surface area contributed by atoms with Gasteiger partial charge < -0.3 is 9.84 Å². The van der Waals surface area contributed by atoms with Gasteiger partial charge in [0.05, 0.1) is 12.5 Å². The molecule has 0 aromatic heterocycles. The van der Waals surface area contributed by atoms with Gasteiger partial charge >= 0.3 is 0 Å². The van der Waals surface area contributed by atoms with Gasteiger partial charge in [0.25, 0.3) is 0 Å². The van der Waals surface area contributed by atoms with E-state index < -0.39 is 12.3 Å². The maximum Gasteiger partial charge on any atom is 0.247 e. The van der Waals surface area contributed by atoms with Crippen molar-refractivity contribution in [2.75, 3.05) is 13.2 Å². The number of aromatic hydroxyl groups is 1. The molecule has 1 aromatic rings. The van der Waals surface area contributed by atoms with Gasteiger partial charge in [0.1, 0.15) is 5.75 Å². The maximum atomic E-state index is 12.9. The van der Waals surface area contributed by atoms with Gasteiger partial charge in [-0.25, -0.2) is 8.78 Å². The largest absolute Gasteiger partial charge is 0.508 e. The molecule has 0 bridgehead atoms. The zero-order chi connectivity index (χ0) is 12.7. The Morgan fingerprint density at radius 2 is 1.88 bits per heavy atom. The average Bonchev–Trinajstić information content (AvgIpc) is 2.30. The van der Waals surface area contributed by atoms with E-state index in [1.807, 2.05) is 6.92 Å². The molecule has 0 heterocycles. The Kier molecular flexibility index (Phi) is 5.91. The summed E-state index contributed by atoms with van der Waals surface area (Å²) in [7, 11) is 0. The van der Waals surface area contributed by atoms with Crippen molar-refractivity contribution in [2.45, 2.75) is 32.1 Å². The van der Waals surface area contributed by atoms with Crippen molar-refractivity contribution in [1.82, 2.24) is 0 Å². The maximum absolute atomic E-state index is 12.9. The zero-order valence-electron chi connectivity index (χ0n) is 9.90. The smallest absolute Gasteiger partial charge is 0.247 e. The molecule has 0 saturated carbocycles. The summed E-state index contributed by atoms with van der Waals surface area (Å²) in [5.74, 6) is -0.846. The summed E-state index contributed by atoms with van der Waals surface area (Å²) in [5.41, 5.74) is 0.495. The normalized spacial score (nSPS) is 12.9. The number of hydrogen-bond acceptors (Lipinski definition) is 2. The first-order chi connectivity index (χ1) is 8.15. The fourth-order valence-corrected chi connectivity index (χ4v) is 1.49. The lowest BCUT2D eigenvalue weighted by Gasteiger charge is -2.16. The molecule has 1 aromatic carbocycles. The van der Waals surface area contributed by atoms with Crippen molar-refractivity contribution < 1.29 is 18.6 Å². The molecule has 0 amide bonds. The molecule has 1 rings (SSSR count). The summed E-state index contributed by atoms with van der Waals surface area (Å²) in [6.45, 7) is 2.55. The summed E-state index contributed by atoms with van der Waals surface area (Å²) < 4.78 is 30.9. The second-order valence-electron chi connectivity index (χ2n) is 3.96. The first kappa shape index (κ1) is 13.9. The minimum absolute atomic E-state index is 0.0163. The Hall–Kier alpha value is -1.16. The van der Waals surface area contributed by atoms with Crippen molar-refractivity contribution in [3.05, 3.63) is 29.8 Å². The van der Waals surface area contributed by atoms with Gasteiger partial charge in [0.2, 0.25) is 6.43 Å². The van der Waals surface area contributed by atoms with Gasteiger partial charge in [0, 0.05) is 6.61 Å². The predicted molar refractivity (Wildman–Crippen MR) is 62.6 cm³/mol. The quantitative estimate of drug-likeness (QED) is 0.743. The van der Waals surface area contributed by atoms with Crippen molar-refractivity contribution in [3.63, 3.8) is 0 Å². The van der Waals surface area contributed by atoms with E-state index in [9.17, 15) is 8.78 Å². The van der Waals surface area contributed by atoms with Crippen LogP contribution in [0.1, 0.15) is 31.2 Å². The number of rotatable bonds is 7. The number of ether oxygens (including phenoxy) is 1. The van der Waals surface area contributed by atoms with Gasteiger partial charge in [-0.3, -0.25) is 0 Å². The van der Waals surface area contributed by atoms with Crippen LogP contribution in [0.15, 0.2) is 24.3 Å². The molecule has 96 valence electrons. The summed E-state index contributed by atoms with van der Waals surface area (Å²) in [5, 5.41) is 9.10. The highest BCUT2D eigenvalue weighted by Gasteiger charge is 2.22. The van der Waals surface area contributed by atoms with Crippen LogP contribution in [0, 0.1) is 0 Å². The van der Waals surface area contributed by atoms with E-state index in [4.69, 9.17) is 9.84 Å². The molecule has 0 saturated heterocycles. The Balaban J connectivity index is 2.56. The molecule has 2 nitrogen and oxygen atoms in total. The summed E-state index contributed by atoms with van der Waals surface area (Å²) in [6.07, 6.45) is -0.592. The van der Waals surface area contributed by atoms with E-state index in [0.717, 1.165) is 12.8 Å². The third-order valence-corrected chi connectivity index (χ3v) is 2.57. The lowest BCUT2D eigenvalue weighted by Crippen LogP contribution is -2.16. The van der Waals surface area contributed by atoms with Crippen LogP contribution in [0.25, 0.3) is 0 Å². The number of phenolic OH excluding ortho intramolecular Hbond substituents is 1. The number of phenols is 1. The molecule has 1 unspecified atom stereocenters. The summed E-state index contributed by atoms with van der Waals surface area (Å²) >= 11 is 0. The van der Waals surface area contributed by atoms with Crippen LogP contribution in [0.2, 0.25) is 0 Å². The van der Waals surface area contributed by atoms with Crippen LogP contribution in [-0.4, -0.2) is 24.7 Å². The Morgan fingerprint density at radius 1 is 1.24 bits per heavy atom. The molecule has 0 fully saturated rings. The SMILES string of the molecule is CCCCOCC(c1ccc(O)cc1)C(F)F. The molecule has 0 spiro atoms. The van der Waals surface area contributed by atoms with Gasteiger partial charge in [-0.15, -0.1) is 0 Å². The number of hydrogen-bond donors (Lipinski definition) is 1. The van der Waals surface area contributed by atoms with Crippen molar-refractivity contribution in [1.29, 1.82) is 0 Å². The lowest BCUT2D eigenvalue weighted by atomic mass is 10.0. The number of benzene rings is 1. The second kappa shape index (κ2) is 7.22. The number of halogens is 2. The first-order valence-corrected chi connectivity index (χ1v) is 5.80. The molecule has 1 atom stereocenters. The topological polar surface area (TPSA) is 29.5 Å². The second-order valence-corrected chi connectivity index (χ2v) is 3.96. The molecule has 1 N–H and O–H groups in total. The molecule has 0 aliphatic carbocycles. The van der Waals surface area contributed by atoms with E-state index in [-0.39, 0.29) is 12.4 Å². The minimum atomic E-state index is -2.46. The van der Waals surface area contributed by atoms with Crippen LogP contribution in [0.4, 0.5) is 8.78 Å². The Morgan fingerprint density at radius 3 is 2.41 bits per heavy atom. The zero-order valence-corrected chi connectivity index (χ0v) is 9.90. The fraction of sp³-hybridized carbons (Fsp3) is 0.538. The van der Waals surface area contributed by atoms with Crippen LogP contribution < -0.4 is 0 Å². The van der Waals surface area contributed by atoms with Crippen LogP contribution >= 0.6 is 0 Å². The van der Waals surface area contributed by atoms with Crippen LogP contribution in [0.3, 0.4) is 0 Å². The van der Waals surface area contributed by atoms with Crippen LogP contribution in [0.5, 0.6) is 5.75 Å². The number of alkyl halides is 2. The highest BCUT2D eigenvalue weighted by molar-refractivity contribution is 5.28. The Labute approximate surface area is 100 Å². The monoisotopic (exact) mass is 244 g/mol. The highest BCUT2D eigenvalue weighted by atomic mass is 19.3. The average molecular weight is 244 g/mol. The molecule has 0 radical (unpaired) electrons. The third-order valence-electron chi connectivity index (χ3n) is 2.57. The molecular weight excluding hydrogens is 226 g/mol. The van der Waals surface area contributed by atoms with E-state index >= 15 is 0 Å². The van der Waals surface area contributed by atoms with Gasteiger partial charge in [0.15, 0.2) is 0 Å². The first-order valence-electron chi connectivity index (χ1n) is 5.80. The van der Waals surface area contributed by atoms with Gasteiger partial charge in [-0.2, -0.15) is 0 Å². The van der Waals surface area contributed by atoms with E-state index in [2.05, 4.69) is 0 Å². The van der Waals surface area contributed by atoms with E-state index in [0.29, 0.717) is 12.2 Å². The van der Waals surface area contributed by atoms with Gasteiger partial charge in [-0.1, -0.05) is 25.5 Å². The van der Waals surface area contributed by atoms with Crippen molar-refractivity contribution in [3.8, 4) is 5.75 Å². The minimum Gasteiger partial charge on any atom is -0.508 e. The predicted octanol–water partition coefficient (Wildman–Crippen LogP) is 3.56. The molecule has 17 heavy (non-hydrogen) atoms. The molecule has 0 aliphatic rings. The summed E-state index contributed by atoms with van der Waals surface area (Å²) in [4.78, 5) is 0. The van der Waals surface area contributed by atoms with E-state index in [1.54, 1.807) is 0 Å². The van der Waals surface area contributed by atoms with E-state index in [1.165, 1.54) is 24.3 Å². The molecule has 4 heteroatoms. The Bertz CT molecular complexity index is 312. The van der Waals surface area contributed by atoms with Crippen molar-refractivity contribution in [2.24, 2.45) is 0 Å². The van der Waals surface area contributed by atoms with Gasteiger partial charge in [-0.05, 0) is 24.1 Å². The van der Waals surface area contributed by atoms with Crippen molar-refractivity contribution >= 4 is 0 Å². The number of unbranched alkanes of at least 4 members (excludes halogenated alkanes) is 1. The van der Waals surface area contributed by atoms with Crippen LogP contribution in [-0.2, 0) is 4.74 Å². The third kappa shape index (κ3) is 4.69. The molecule has 0 aliphatic heterocycles.